The van der Waals surface area contributed by atoms with Gasteiger partial charge in [0.1, 0.15) is 17.1 Å². The zero-order valence-corrected chi connectivity index (χ0v) is 18.6. The van der Waals surface area contributed by atoms with Gasteiger partial charge in [0.2, 0.25) is 5.76 Å². The second-order valence-electron chi connectivity index (χ2n) is 7.52. The molecule has 7 heteroatoms. The lowest BCUT2D eigenvalue weighted by atomic mass is 9.98. The molecule has 0 aliphatic carbocycles. The van der Waals surface area contributed by atoms with Gasteiger partial charge < -0.3 is 14.1 Å². The molecule has 0 saturated heterocycles. The largest absolute Gasteiger partial charge is 0.497 e. The van der Waals surface area contributed by atoms with Crippen molar-refractivity contribution in [2.45, 2.75) is 12.6 Å². The van der Waals surface area contributed by atoms with Gasteiger partial charge in [-0.15, -0.1) is 0 Å². The van der Waals surface area contributed by atoms with Gasteiger partial charge in [0.15, 0.2) is 5.43 Å². The Labute approximate surface area is 191 Å². The van der Waals surface area contributed by atoms with Gasteiger partial charge in [-0.3, -0.25) is 9.59 Å². The van der Waals surface area contributed by atoms with E-state index in [0.29, 0.717) is 21.2 Å². The molecule has 0 fully saturated rings. The number of nitrogens with zero attached hydrogens (tertiary/aromatic N) is 1. The van der Waals surface area contributed by atoms with Gasteiger partial charge in [-0.2, -0.15) is 0 Å². The Bertz CT molecular complexity index is 1410. The van der Waals surface area contributed by atoms with E-state index in [-0.39, 0.29) is 28.9 Å². The van der Waals surface area contributed by atoms with Crippen molar-refractivity contribution in [2.24, 2.45) is 0 Å². The fourth-order valence-corrected chi connectivity index (χ4v) is 4.46. The number of carbonyl (C=O) groups is 1. The monoisotopic (exact) mass is 493 g/mol. The molecule has 0 radical (unpaired) electrons. The lowest BCUT2D eigenvalue weighted by Gasteiger charge is -2.25. The van der Waals surface area contributed by atoms with Crippen molar-refractivity contribution >= 4 is 32.8 Å². The minimum absolute atomic E-state index is 0.0495. The number of methoxy groups -OCH3 is 1. The summed E-state index contributed by atoms with van der Waals surface area (Å²) >= 11 is 3.37. The van der Waals surface area contributed by atoms with Crippen molar-refractivity contribution in [3.63, 3.8) is 0 Å². The van der Waals surface area contributed by atoms with Crippen molar-refractivity contribution in [2.75, 3.05) is 7.11 Å². The first-order valence-electron chi connectivity index (χ1n) is 9.92. The third kappa shape index (κ3) is 3.29. The zero-order chi connectivity index (χ0) is 22.4. The molecule has 2 heterocycles. The third-order valence-electron chi connectivity index (χ3n) is 5.64. The highest BCUT2D eigenvalue weighted by Gasteiger charge is 2.43. The van der Waals surface area contributed by atoms with Gasteiger partial charge in [0.25, 0.3) is 5.91 Å². The summed E-state index contributed by atoms with van der Waals surface area (Å²) in [5.74, 6) is -0.312. The van der Waals surface area contributed by atoms with E-state index in [1.807, 2.05) is 12.1 Å². The van der Waals surface area contributed by atoms with Crippen molar-refractivity contribution in [3.05, 3.63) is 110 Å². The number of ether oxygens (including phenoxy) is 1. The Morgan fingerprint density at radius 2 is 1.81 bits per heavy atom. The summed E-state index contributed by atoms with van der Waals surface area (Å²) in [5, 5.41) is 0.332. The Hall–Kier alpha value is -3.45. The van der Waals surface area contributed by atoms with Gasteiger partial charge in [0, 0.05) is 16.6 Å². The minimum Gasteiger partial charge on any atom is -0.497 e. The summed E-state index contributed by atoms with van der Waals surface area (Å²) in [5.41, 5.74) is 1.17. The molecule has 1 amide bonds. The van der Waals surface area contributed by atoms with Crippen LogP contribution < -0.4 is 10.2 Å². The van der Waals surface area contributed by atoms with Gasteiger partial charge in [-0.1, -0.05) is 46.3 Å². The van der Waals surface area contributed by atoms with E-state index in [1.54, 1.807) is 55.6 Å². The first kappa shape index (κ1) is 20.5. The van der Waals surface area contributed by atoms with Gasteiger partial charge >= 0.3 is 0 Å². The highest BCUT2D eigenvalue weighted by molar-refractivity contribution is 9.10. The Morgan fingerprint density at radius 1 is 1.06 bits per heavy atom. The zero-order valence-electron chi connectivity index (χ0n) is 17.0. The van der Waals surface area contributed by atoms with Crippen LogP contribution in [-0.2, 0) is 6.54 Å². The summed E-state index contributed by atoms with van der Waals surface area (Å²) in [6.45, 7) is 0.172. The summed E-state index contributed by atoms with van der Waals surface area (Å²) < 4.78 is 26.7. The summed E-state index contributed by atoms with van der Waals surface area (Å²) in [4.78, 5) is 28.4. The van der Waals surface area contributed by atoms with Crippen LogP contribution in [0.25, 0.3) is 11.0 Å². The molecule has 5 rings (SSSR count). The smallest absolute Gasteiger partial charge is 0.291 e. The molecule has 1 unspecified atom stereocenters. The molecule has 0 bridgehead atoms. The second-order valence-corrected chi connectivity index (χ2v) is 8.44. The maximum atomic E-state index is 14.9. The van der Waals surface area contributed by atoms with Crippen LogP contribution in [0.3, 0.4) is 0 Å². The Kier molecular flexibility index (Phi) is 5.06. The Balaban J connectivity index is 1.71. The van der Waals surface area contributed by atoms with Crippen LogP contribution in [0.15, 0.2) is 80.4 Å². The minimum atomic E-state index is -0.902. The van der Waals surface area contributed by atoms with Gasteiger partial charge in [0.05, 0.1) is 24.1 Å². The number of rotatable bonds is 4. The fraction of sp³-hybridized carbons (Fsp3) is 0.120. The van der Waals surface area contributed by atoms with E-state index < -0.39 is 17.8 Å². The highest BCUT2D eigenvalue weighted by Crippen LogP contribution is 2.40. The second kappa shape index (κ2) is 7.91. The quantitative estimate of drug-likeness (QED) is 0.379. The maximum Gasteiger partial charge on any atom is 0.291 e. The molecule has 0 N–H and O–H groups in total. The SMILES string of the molecule is COc1ccc(CN2C(=O)c3oc4ccc(Br)cc4c(=O)c3C2c2ccccc2F)cc1. The van der Waals surface area contributed by atoms with Crippen LogP contribution in [-0.4, -0.2) is 17.9 Å². The fourth-order valence-electron chi connectivity index (χ4n) is 4.10. The molecule has 32 heavy (non-hydrogen) atoms. The first-order chi connectivity index (χ1) is 15.5. The molecule has 1 aliphatic rings. The summed E-state index contributed by atoms with van der Waals surface area (Å²) in [7, 11) is 1.57. The van der Waals surface area contributed by atoms with E-state index in [0.717, 1.165) is 5.56 Å². The number of carbonyl (C=O) groups excluding carboxylic acids is 1. The molecule has 0 saturated carbocycles. The first-order valence-corrected chi connectivity index (χ1v) is 10.7. The molecule has 1 atom stereocenters. The number of amides is 1. The maximum absolute atomic E-state index is 14.9. The van der Waals surface area contributed by atoms with Crippen LogP contribution in [0.5, 0.6) is 5.75 Å². The van der Waals surface area contributed by atoms with Crippen molar-refractivity contribution in [3.8, 4) is 5.75 Å². The van der Waals surface area contributed by atoms with E-state index in [9.17, 15) is 14.0 Å². The molecule has 0 spiro atoms. The standard InChI is InChI=1S/C25H17BrFNO4/c1-31-16-9-6-14(7-10-16)13-28-22(17-4-2-3-5-19(17)27)21-23(29)18-12-15(26)8-11-20(18)32-24(21)25(28)30/h2-12,22H,13H2,1H3. The number of benzene rings is 3. The van der Waals surface area contributed by atoms with Crippen molar-refractivity contribution in [1.82, 2.24) is 4.90 Å². The molecule has 4 aromatic rings. The number of halogens is 2. The molecule has 160 valence electrons. The average molecular weight is 494 g/mol. The summed E-state index contributed by atoms with van der Waals surface area (Å²) in [6.07, 6.45) is 0. The molecule has 5 nitrogen and oxygen atoms in total. The van der Waals surface area contributed by atoms with Crippen LogP contribution in [0.4, 0.5) is 4.39 Å². The van der Waals surface area contributed by atoms with Crippen LogP contribution in [0.2, 0.25) is 0 Å². The molecular weight excluding hydrogens is 477 g/mol. The Morgan fingerprint density at radius 3 is 2.53 bits per heavy atom. The van der Waals surface area contributed by atoms with Gasteiger partial charge in [-0.25, -0.2) is 4.39 Å². The predicted octanol–water partition coefficient (Wildman–Crippen LogP) is 5.45. The molecular formula is C25H17BrFNO4. The van der Waals surface area contributed by atoms with Crippen LogP contribution >= 0.6 is 15.9 Å². The van der Waals surface area contributed by atoms with Crippen molar-refractivity contribution < 1.29 is 18.3 Å². The third-order valence-corrected chi connectivity index (χ3v) is 6.13. The number of hydrogen-bond acceptors (Lipinski definition) is 4. The van der Waals surface area contributed by atoms with Crippen LogP contribution in [0, 0.1) is 5.82 Å². The predicted molar refractivity (Wildman–Crippen MR) is 121 cm³/mol. The van der Waals surface area contributed by atoms with Gasteiger partial charge in [-0.05, 0) is 42.0 Å². The van der Waals surface area contributed by atoms with E-state index in [1.165, 1.54) is 11.0 Å². The normalized spacial score (nSPS) is 15.3. The topological polar surface area (TPSA) is 59.8 Å². The van der Waals surface area contributed by atoms with E-state index in [2.05, 4.69) is 15.9 Å². The average Bonchev–Trinajstić information content (AvgIpc) is 3.07. The summed E-state index contributed by atoms with van der Waals surface area (Å²) in [6, 6.07) is 17.5. The van der Waals surface area contributed by atoms with E-state index >= 15 is 0 Å². The molecule has 1 aromatic heterocycles. The van der Waals surface area contributed by atoms with Crippen molar-refractivity contribution in [1.29, 1.82) is 0 Å². The van der Waals surface area contributed by atoms with Crippen LogP contribution in [0.1, 0.15) is 33.3 Å². The van der Waals surface area contributed by atoms with E-state index in [4.69, 9.17) is 9.15 Å². The molecule has 3 aromatic carbocycles. The molecule has 1 aliphatic heterocycles. The highest BCUT2D eigenvalue weighted by atomic mass is 79.9. The number of fused-ring (bicyclic) bond motifs is 2. The lowest BCUT2D eigenvalue weighted by molar-refractivity contribution is 0.0712. The lowest BCUT2D eigenvalue weighted by Crippen LogP contribution is -2.29. The number of hydrogen-bond donors (Lipinski definition) is 0.